The van der Waals surface area contributed by atoms with Crippen molar-refractivity contribution in [1.29, 1.82) is 0 Å². The van der Waals surface area contributed by atoms with Crippen molar-refractivity contribution in [3.05, 3.63) is 52.1 Å². The van der Waals surface area contributed by atoms with Gasteiger partial charge in [-0.05, 0) is 30.7 Å². The second-order valence-corrected chi connectivity index (χ2v) is 14.3. The summed E-state index contributed by atoms with van der Waals surface area (Å²) in [5.41, 5.74) is 11.4. The lowest BCUT2D eigenvalue weighted by atomic mass is 10.1. The molecule has 0 radical (unpaired) electrons. The molecule has 2 heterocycles. The molecule has 0 bridgehead atoms. The van der Waals surface area contributed by atoms with Gasteiger partial charge in [-0.1, -0.05) is 0 Å². The Labute approximate surface area is 376 Å². The summed E-state index contributed by atoms with van der Waals surface area (Å²) in [7, 11) is 0. The van der Waals surface area contributed by atoms with Crippen LogP contribution >= 0.6 is 12.6 Å². The molecule has 0 unspecified atom stereocenters. The molecule has 0 saturated heterocycles. The molecular formula is C37H45N13O15S. The summed E-state index contributed by atoms with van der Waals surface area (Å²) in [4.78, 5) is 162. The van der Waals surface area contributed by atoms with Gasteiger partial charge >= 0.3 is 17.9 Å². The molecule has 6 atom stereocenters. The van der Waals surface area contributed by atoms with Crippen LogP contribution in [0, 0.1) is 0 Å². The molecule has 1 aromatic carbocycles. The van der Waals surface area contributed by atoms with E-state index in [2.05, 4.69) is 59.1 Å². The third-order valence-electron chi connectivity index (χ3n) is 8.93. The Morgan fingerprint density at radius 1 is 0.758 bits per heavy atom. The molecule has 0 aliphatic rings. The Morgan fingerprint density at radius 2 is 1.33 bits per heavy atom. The molecule has 3 aromatic rings. The summed E-state index contributed by atoms with van der Waals surface area (Å²) < 4.78 is 0. The quantitative estimate of drug-likeness (QED) is 0.0251. The summed E-state index contributed by atoms with van der Waals surface area (Å²) in [6, 6.07) is -4.33. The number of hydrogen-bond donors (Lipinski definition) is 14. The predicted molar refractivity (Wildman–Crippen MR) is 228 cm³/mol. The minimum atomic E-state index is -1.94. The van der Waals surface area contributed by atoms with Gasteiger partial charge in [0.1, 0.15) is 42.8 Å². The number of nitrogen functional groups attached to an aromatic ring is 1. The summed E-state index contributed by atoms with van der Waals surface area (Å²) in [6.45, 7) is -0.443. The van der Waals surface area contributed by atoms with Gasteiger partial charge in [0.15, 0.2) is 11.2 Å². The van der Waals surface area contributed by atoms with Gasteiger partial charge in [-0.25, -0.2) is 14.8 Å². The topological polar surface area (TPSA) is 456 Å². The predicted octanol–water partition coefficient (Wildman–Crippen LogP) is -5.08. The number of aromatic amines is 1. The SMILES string of the molecule is NC[C@H](NC(=O)[C@H](CC(=O)O)NC(=O)[C@H](CC=O)NC(=O)[C@H](CC(=O)O)NC(=O)CC[C@H](NC(=O)c1ccc(NCc2cnc3nc(N)[nH]c(=O)c3n2)cc1)C(=O)O)C(=O)N[C@H](C=O)CS. The van der Waals surface area contributed by atoms with E-state index in [0.717, 1.165) is 0 Å². The minimum absolute atomic E-state index is 0.0137. The first-order chi connectivity index (χ1) is 31.3. The molecule has 28 nitrogen and oxygen atoms in total. The van der Waals surface area contributed by atoms with Gasteiger partial charge in [-0.3, -0.25) is 48.1 Å². The van der Waals surface area contributed by atoms with E-state index in [4.69, 9.17) is 11.5 Å². The van der Waals surface area contributed by atoms with Crippen LogP contribution in [0.1, 0.15) is 48.2 Å². The number of hydrogen-bond acceptors (Lipinski definition) is 19. The zero-order chi connectivity index (χ0) is 49.1. The van der Waals surface area contributed by atoms with Crippen LogP contribution in [0.25, 0.3) is 11.2 Å². The highest BCUT2D eigenvalue weighted by atomic mass is 32.1. The van der Waals surface area contributed by atoms with E-state index in [1.165, 1.54) is 30.5 Å². The number of anilines is 2. The number of aromatic nitrogens is 4. The first-order valence-electron chi connectivity index (χ1n) is 19.3. The normalized spacial score (nSPS) is 13.5. The highest BCUT2D eigenvalue weighted by molar-refractivity contribution is 7.80. The van der Waals surface area contributed by atoms with Gasteiger partial charge in [0.25, 0.3) is 11.5 Å². The fourth-order valence-corrected chi connectivity index (χ4v) is 5.76. The van der Waals surface area contributed by atoms with Gasteiger partial charge < -0.3 is 73.6 Å². The number of nitrogens with two attached hydrogens (primary N) is 2. The second kappa shape index (κ2) is 25.3. The van der Waals surface area contributed by atoms with Crippen molar-refractivity contribution < 1.29 is 68.1 Å². The Morgan fingerprint density at radius 3 is 1.89 bits per heavy atom. The number of carbonyl (C=O) groups is 11. The number of aliphatic carboxylic acids is 3. The Hall–Kier alpha value is -8.08. The van der Waals surface area contributed by atoms with Crippen LogP contribution in [-0.2, 0) is 54.5 Å². The lowest BCUT2D eigenvalue weighted by Gasteiger charge is -2.25. The summed E-state index contributed by atoms with van der Waals surface area (Å²) in [5, 5.41) is 44.4. The number of fused-ring (bicyclic) bond motifs is 1. The smallest absolute Gasteiger partial charge is 0.326 e. The number of rotatable bonds is 27. The molecule has 2 aromatic heterocycles. The van der Waals surface area contributed by atoms with E-state index in [0.29, 0.717) is 17.7 Å². The van der Waals surface area contributed by atoms with E-state index in [1.54, 1.807) is 0 Å². The molecule has 66 heavy (non-hydrogen) atoms. The summed E-state index contributed by atoms with van der Waals surface area (Å²) in [5.74, 6) is -11.8. The van der Waals surface area contributed by atoms with Gasteiger partial charge in [0.05, 0.1) is 37.3 Å². The van der Waals surface area contributed by atoms with E-state index < -0.39 is 134 Å². The number of benzene rings is 1. The zero-order valence-electron chi connectivity index (χ0n) is 34.3. The van der Waals surface area contributed by atoms with E-state index in [-0.39, 0.29) is 41.3 Å². The van der Waals surface area contributed by atoms with Gasteiger partial charge in [0.2, 0.25) is 35.5 Å². The fraction of sp³-hybridized carbons (Fsp3) is 0.378. The lowest BCUT2D eigenvalue weighted by Crippen LogP contribution is -2.60. The molecule has 0 saturated carbocycles. The van der Waals surface area contributed by atoms with E-state index in [9.17, 15) is 72.9 Å². The van der Waals surface area contributed by atoms with E-state index >= 15 is 0 Å². The molecule has 0 fully saturated rings. The van der Waals surface area contributed by atoms with Crippen molar-refractivity contribution >= 4 is 101 Å². The fourth-order valence-electron chi connectivity index (χ4n) is 5.58. The van der Waals surface area contributed by atoms with Crippen molar-refractivity contribution in [3.63, 3.8) is 0 Å². The summed E-state index contributed by atoms with van der Waals surface area (Å²) in [6.07, 6.45) is -2.35. The van der Waals surface area contributed by atoms with Crippen LogP contribution in [0.15, 0.2) is 35.3 Å². The highest BCUT2D eigenvalue weighted by Gasteiger charge is 2.33. The number of thiol groups is 1. The Kier molecular flexibility index (Phi) is 20.0. The molecule has 0 aliphatic heterocycles. The standard InChI is InChI=1S/C37H45N13O15S/c38-11-24(34(62)43-19(14-52)15-66)48-33(61)23(10-27(56)57)47-31(59)20(7-8-51)45-32(60)22(9-26(54)55)44-25(53)6-5-21(36(64)65)46-30(58)16-1-3-17(4-2-16)40-12-18-13-41-29-28(42-18)35(63)50-37(39)49-29/h1-4,8,13-14,19-24,40,66H,5-7,9-12,15,38H2,(H,43,62)(H,44,53)(H,45,60)(H,46,58)(H,47,59)(H,48,61)(H,54,55)(H,56,57)(H,64,65)(H3,39,41,49,50,63)/t19-,20+,21+,22+,23+,24+/m1/s1. The van der Waals surface area contributed by atoms with Crippen molar-refractivity contribution in [2.45, 2.75) is 74.9 Å². The highest BCUT2D eigenvalue weighted by Crippen LogP contribution is 2.13. The number of carbonyl (C=O) groups excluding carboxylic acids is 8. The second-order valence-electron chi connectivity index (χ2n) is 13.9. The van der Waals surface area contributed by atoms with Crippen LogP contribution < -0.4 is 54.2 Å². The molecular weight excluding hydrogens is 899 g/mol. The monoisotopic (exact) mass is 943 g/mol. The maximum Gasteiger partial charge on any atom is 0.326 e. The number of amides is 6. The Balaban J connectivity index is 1.61. The number of nitrogens with zero attached hydrogens (tertiary/aromatic N) is 3. The third kappa shape index (κ3) is 16.2. The zero-order valence-corrected chi connectivity index (χ0v) is 35.2. The molecule has 29 heteroatoms. The summed E-state index contributed by atoms with van der Waals surface area (Å²) >= 11 is 3.89. The number of H-pyrrole nitrogens is 1. The minimum Gasteiger partial charge on any atom is -0.481 e. The molecule has 0 spiro atoms. The average Bonchev–Trinajstić information content (AvgIpc) is 3.26. The molecule has 15 N–H and O–H groups in total. The largest absolute Gasteiger partial charge is 0.481 e. The van der Waals surface area contributed by atoms with E-state index in [1.807, 2.05) is 10.6 Å². The first-order valence-corrected chi connectivity index (χ1v) is 19.9. The number of nitrogens with one attached hydrogen (secondary N) is 8. The molecule has 3 rings (SSSR count). The van der Waals surface area contributed by atoms with Crippen molar-refractivity contribution in [3.8, 4) is 0 Å². The van der Waals surface area contributed by atoms with Crippen LogP contribution in [0.2, 0.25) is 0 Å². The van der Waals surface area contributed by atoms with Crippen molar-refractivity contribution in [2.24, 2.45) is 5.73 Å². The number of carboxylic acid groups (broad SMARTS) is 3. The first kappa shape index (κ1) is 52.3. The number of carboxylic acids is 3. The Bertz CT molecular complexity index is 2380. The average molecular weight is 944 g/mol. The maximum absolute atomic E-state index is 13.2. The number of aldehydes is 2. The molecule has 0 aliphatic carbocycles. The van der Waals surface area contributed by atoms with Crippen LogP contribution in [0.3, 0.4) is 0 Å². The van der Waals surface area contributed by atoms with Crippen LogP contribution in [0.4, 0.5) is 11.6 Å². The van der Waals surface area contributed by atoms with Crippen molar-refractivity contribution in [1.82, 2.24) is 51.8 Å². The van der Waals surface area contributed by atoms with Crippen LogP contribution in [0.5, 0.6) is 0 Å². The molecule has 354 valence electrons. The van der Waals surface area contributed by atoms with Crippen LogP contribution in [-0.4, -0.2) is 150 Å². The van der Waals surface area contributed by atoms with Crippen molar-refractivity contribution in [2.75, 3.05) is 23.3 Å². The third-order valence-corrected chi connectivity index (χ3v) is 9.33. The van der Waals surface area contributed by atoms with Gasteiger partial charge in [-0.15, -0.1) is 0 Å². The van der Waals surface area contributed by atoms with Gasteiger partial charge in [-0.2, -0.15) is 17.6 Å². The molecule has 6 amide bonds. The lowest BCUT2D eigenvalue weighted by molar-refractivity contribution is -0.142. The van der Waals surface area contributed by atoms with Gasteiger partial charge in [0, 0.05) is 36.4 Å². The maximum atomic E-state index is 13.2.